The zero-order chi connectivity index (χ0) is 10.7. The van der Waals surface area contributed by atoms with Crippen molar-refractivity contribution in [3.63, 3.8) is 0 Å². The minimum absolute atomic E-state index is 0.427. The summed E-state index contributed by atoms with van der Waals surface area (Å²) in [5.74, 6) is 1.12. The molecule has 3 heteroatoms. The van der Waals surface area contributed by atoms with Crippen LogP contribution in [0.1, 0.15) is 19.8 Å². The van der Waals surface area contributed by atoms with E-state index in [2.05, 4.69) is 18.2 Å². The van der Waals surface area contributed by atoms with Crippen LogP contribution < -0.4 is 0 Å². The molecule has 2 nitrogen and oxygen atoms in total. The average molecular weight is 281 g/mol. The number of hydrogen-bond acceptors (Lipinski definition) is 2. The third-order valence-corrected chi connectivity index (χ3v) is 5.92. The molecule has 2 aliphatic carbocycles. The van der Waals surface area contributed by atoms with Gasteiger partial charge in [0.1, 0.15) is 0 Å². The molecule has 0 aromatic carbocycles. The molecular formula is C12H14O2Zr. The average Bonchev–Trinajstić information content (AvgIpc) is 2.83. The van der Waals surface area contributed by atoms with E-state index in [9.17, 15) is 5.11 Å². The molecule has 0 saturated carbocycles. The molecular weight excluding hydrogens is 267 g/mol. The molecule has 0 aromatic heterocycles. The fraction of sp³-hybridized carbons (Fsp3) is 0.333. The first-order valence-electron chi connectivity index (χ1n) is 5.19. The van der Waals surface area contributed by atoms with Crippen LogP contribution in [-0.2, 0) is 28.0 Å². The van der Waals surface area contributed by atoms with E-state index in [1.165, 1.54) is 6.56 Å². The van der Waals surface area contributed by atoms with E-state index in [4.69, 9.17) is 4.74 Å². The number of ether oxygens (including phenoxy) is 1. The van der Waals surface area contributed by atoms with E-state index in [0.29, 0.717) is 18.1 Å². The number of allylic oxidation sites excluding steroid dienone is 6. The molecule has 15 heavy (non-hydrogen) atoms. The van der Waals surface area contributed by atoms with Crippen molar-refractivity contribution in [3.05, 3.63) is 42.4 Å². The quantitative estimate of drug-likeness (QED) is 0.858. The third-order valence-electron chi connectivity index (χ3n) is 2.39. The first-order valence-corrected chi connectivity index (χ1v) is 7.65. The van der Waals surface area contributed by atoms with Gasteiger partial charge in [-0.2, -0.15) is 0 Å². The zero-order valence-corrected chi connectivity index (χ0v) is 11.2. The van der Waals surface area contributed by atoms with Crippen molar-refractivity contribution in [2.75, 3.05) is 6.61 Å². The van der Waals surface area contributed by atoms with E-state index in [0.717, 1.165) is 12.8 Å². The Hall–Kier alpha value is -0.557. The van der Waals surface area contributed by atoms with Gasteiger partial charge in [0.05, 0.1) is 0 Å². The summed E-state index contributed by atoms with van der Waals surface area (Å²) in [6.45, 7) is 2.56. The van der Waals surface area contributed by atoms with Gasteiger partial charge in [-0.15, -0.1) is 0 Å². The van der Waals surface area contributed by atoms with Gasteiger partial charge in [-0.05, 0) is 0 Å². The van der Waals surface area contributed by atoms with Crippen molar-refractivity contribution in [2.45, 2.75) is 19.8 Å². The van der Waals surface area contributed by atoms with Crippen LogP contribution in [0.3, 0.4) is 0 Å². The van der Waals surface area contributed by atoms with Crippen LogP contribution in [0.4, 0.5) is 0 Å². The first-order chi connectivity index (χ1) is 7.31. The predicted octanol–water partition coefficient (Wildman–Crippen LogP) is 3.01. The van der Waals surface area contributed by atoms with Crippen LogP contribution in [0, 0.1) is 0 Å². The molecule has 0 radical (unpaired) electrons. The Balaban J connectivity index is 2.00. The van der Waals surface area contributed by atoms with Crippen LogP contribution in [0.5, 0.6) is 0 Å². The second kappa shape index (κ2) is 4.98. The molecule has 0 spiro atoms. The molecule has 0 amide bonds. The van der Waals surface area contributed by atoms with Crippen molar-refractivity contribution in [2.24, 2.45) is 0 Å². The molecule has 0 bridgehead atoms. The normalized spacial score (nSPS) is 19.3. The summed E-state index contributed by atoms with van der Waals surface area (Å²) in [6.07, 6.45) is 10.5. The predicted molar refractivity (Wildman–Crippen MR) is 55.8 cm³/mol. The Morgan fingerprint density at radius 2 is 2.33 bits per heavy atom. The Labute approximate surface area is 102 Å². The summed E-state index contributed by atoms with van der Waals surface area (Å²) >= 11 is -0.728. The van der Waals surface area contributed by atoms with Gasteiger partial charge in [-0.1, -0.05) is 0 Å². The van der Waals surface area contributed by atoms with Crippen molar-refractivity contribution in [1.29, 1.82) is 0 Å². The van der Waals surface area contributed by atoms with Gasteiger partial charge in [0.25, 0.3) is 0 Å². The van der Waals surface area contributed by atoms with Gasteiger partial charge in [0, 0.05) is 0 Å². The molecule has 0 aromatic rings. The molecule has 0 unspecified atom stereocenters. The van der Waals surface area contributed by atoms with Gasteiger partial charge < -0.3 is 0 Å². The van der Waals surface area contributed by atoms with Gasteiger partial charge in [0.15, 0.2) is 0 Å². The standard InChI is InChI=1S/C7H9O2.C5H5.Zr/c1-2-9-7-5-3-4-6(7)8;1-2-4-5-3-1;/h5,8H,2-3H2,1H3;1-3H,4H2;. The Morgan fingerprint density at radius 1 is 1.47 bits per heavy atom. The van der Waals surface area contributed by atoms with Crippen LogP contribution >= 0.6 is 0 Å². The molecule has 2 rings (SSSR count). The van der Waals surface area contributed by atoms with Crippen LogP contribution in [-0.4, -0.2) is 11.7 Å². The van der Waals surface area contributed by atoms with Crippen LogP contribution in [0.25, 0.3) is 0 Å². The molecule has 0 saturated heterocycles. The van der Waals surface area contributed by atoms with Gasteiger partial charge in [0.2, 0.25) is 0 Å². The number of aliphatic hydroxyl groups is 1. The van der Waals surface area contributed by atoms with Crippen LogP contribution in [0.2, 0.25) is 0 Å². The van der Waals surface area contributed by atoms with Gasteiger partial charge in [-0.25, -0.2) is 0 Å². The van der Waals surface area contributed by atoms with E-state index >= 15 is 0 Å². The van der Waals surface area contributed by atoms with Crippen molar-refractivity contribution >= 4 is 0 Å². The summed E-state index contributed by atoms with van der Waals surface area (Å²) in [6, 6.07) is 0. The number of rotatable bonds is 4. The zero-order valence-electron chi connectivity index (χ0n) is 8.79. The van der Waals surface area contributed by atoms with Crippen molar-refractivity contribution < 1.29 is 33.1 Å². The number of aliphatic hydroxyl groups excluding tert-OH is 1. The molecule has 0 fully saturated rings. The van der Waals surface area contributed by atoms with E-state index < -0.39 is 23.2 Å². The summed E-state index contributed by atoms with van der Waals surface area (Å²) in [5.41, 5.74) is 0. The summed E-state index contributed by atoms with van der Waals surface area (Å²) in [5, 5.41) is 9.92. The monoisotopic (exact) mass is 280 g/mol. The van der Waals surface area contributed by atoms with Gasteiger partial charge >= 0.3 is 102 Å². The molecule has 78 valence electrons. The summed E-state index contributed by atoms with van der Waals surface area (Å²) < 4.78 is 8.14. The first kappa shape index (κ1) is 10.9. The summed E-state index contributed by atoms with van der Waals surface area (Å²) in [4.78, 5) is 0. The molecule has 1 N–H and O–H groups in total. The fourth-order valence-corrected chi connectivity index (χ4v) is 4.69. The summed E-state index contributed by atoms with van der Waals surface area (Å²) in [7, 11) is 0. The third kappa shape index (κ3) is 2.52. The second-order valence-electron chi connectivity index (χ2n) is 3.48. The van der Waals surface area contributed by atoms with Crippen molar-refractivity contribution in [1.82, 2.24) is 0 Å². The molecule has 0 heterocycles. The van der Waals surface area contributed by atoms with Gasteiger partial charge in [-0.3, -0.25) is 0 Å². The minimum atomic E-state index is -0.728. The van der Waals surface area contributed by atoms with E-state index in [1.807, 2.05) is 13.0 Å². The van der Waals surface area contributed by atoms with Crippen LogP contribution in [0.15, 0.2) is 42.4 Å². The molecule has 0 aliphatic heterocycles. The van der Waals surface area contributed by atoms with E-state index in [1.54, 1.807) is 0 Å². The van der Waals surface area contributed by atoms with E-state index in [-0.39, 0.29) is 0 Å². The maximum atomic E-state index is 9.92. The SMILES string of the molecule is CCOC1=CC[C]([Zr][C]2=CC=CC2)=C1O. The topological polar surface area (TPSA) is 29.5 Å². The Morgan fingerprint density at radius 3 is 3.00 bits per heavy atom. The molecule has 2 aliphatic rings. The van der Waals surface area contributed by atoms with Crippen molar-refractivity contribution in [3.8, 4) is 0 Å². The fourth-order valence-electron chi connectivity index (χ4n) is 1.66. The molecule has 0 atom stereocenters. The second-order valence-corrected chi connectivity index (χ2v) is 7.16. The maximum absolute atomic E-state index is 9.92. The Kier molecular flexibility index (Phi) is 3.63. The number of hydrogen-bond donors (Lipinski definition) is 1. The Bertz CT molecular complexity index is 375.